The third kappa shape index (κ3) is 6.54. The van der Waals surface area contributed by atoms with Gasteiger partial charge in [-0.05, 0) is 44.0 Å². The molecule has 6 nitrogen and oxygen atoms in total. The fraction of sp³-hybridized carbons (Fsp3) is 0.333. The zero-order chi connectivity index (χ0) is 21.4. The summed E-state index contributed by atoms with van der Waals surface area (Å²) >= 11 is 5.04. The van der Waals surface area contributed by atoms with Crippen molar-refractivity contribution >= 4 is 33.6 Å². The molecule has 0 atom stereocenters. The van der Waals surface area contributed by atoms with E-state index in [9.17, 15) is 8.42 Å². The number of hydrogen-bond acceptors (Lipinski definition) is 4. The first-order chi connectivity index (χ1) is 13.7. The second kappa shape index (κ2) is 10.4. The topological polar surface area (TPSA) is 75.6 Å². The number of benzene rings is 2. The van der Waals surface area contributed by atoms with E-state index in [1.54, 1.807) is 49.3 Å². The Morgan fingerprint density at radius 1 is 1.14 bits per heavy atom. The molecule has 8 heteroatoms. The zero-order valence-corrected chi connectivity index (χ0v) is 18.7. The summed E-state index contributed by atoms with van der Waals surface area (Å²) in [5.74, 6) is 0.643. The average Bonchev–Trinajstić information content (AvgIpc) is 2.67. The van der Waals surface area contributed by atoms with Gasteiger partial charge in [0.1, 0.15) is 22.2 Å². The van der Waals surface area contributed by atoms with Crippen LogP contribution in [0.4, 0.5) is 0 Å². The molecule has 0 aliphatic rings. The highest BCUT2D eigenvalue weighted by molar-refractivity contribution is 7.89. The zero-order valence-electron chi connectivity index (χ0n) is 17.0. The van der Waals surface area contributed by atoms with Crippen molar-refractivity contribution in [1.29, 1.82) is 0 Å². The Morgan fingerprint density at radius 3 is 2.41 bits per heavy atom. The molecule has 0 saturated heterocycles. The predicted octanol–water partition coefficient (Wildman–Crippen LogP) is 2.78. The number of ether oxygens (including phenoxy) is 1. The molecule has 0 aromatic heterocycles. The van der Waals surface area contributed by atoms with E-state index in [1.807, 2.05) is 31.2 Å². The van der Waals surface area contributed by atoms with Crippen LogP contribution in [0.25, 0.3) is 0 Å². The minimum absolute atomic E-state index is 0.280. The quantitative estimate of drug-likeness (QED) is 0.205. The van der Waals surface area contributed by atoms with Crippen LogP contribution in [-0.4, -0.2) is 55.9 Å². The Balaban J connectivity index is 1.99. The SMILES string of the molecule is Cc1ccc(S(=O)(=O)N(C=[N+](C)C)CCCCOc2ccccc2C(N)=S)cc1. The van der Waals surface area contributed by atoms with Crippen LogP contribution in [-0.2, 0) is 10.0 Å². The summed E-state index contributed by atoms with van der Waals surface area (Å²) < 4.78 is 34.9. The summed E-state index contributed by atoms with van der Waals surface area (Å²) in [5, 5.41) is 0. The first-order valence-corrected chi connectivity index (χ1v) is 11.2. The molecule has 0 fully saturated rings. The Labute approximate surface area is 178 Å². The van der Waals surface area contributed by atoms with Gasteiger partial charge in [-0.15, -0.1) is 0 Å². The molecule has 0 radical (unpaired) electrons. The van der Waals surface area contributed by atoms with Gasteiger partial charge in [-0.25, -0.2) is 0 Å². The van der Waals surface area contributed by atoms with Crippen LogP contribution in [0.5, 0.6) is 5.75 Å². The number of thiocarbonyl (C=S) groups is 1. The molecule has 2 N–H and O–H groups in total. The van der Waals surface area contributed by atoms with Crippen molar-refractivity contribution in [1.82, 2.24) is 4.31 Å². The van der Waals surface area contributed by atoms with E-state index in [-0.39, 0.29) is 9.88 Å². The first-order valence-electron chi connectivity index (χ1n) is 9.33. The van der Waals surface area contributed by atoms with Crippen LogP contribution in [0.3, 0.4) is 0 Å². The Morgan fingerprint density at radius 2 is 1.79 bits per heavy atom. The van der Waals surface area contributed by atoms with E-state index < -0.39 is 10.0 Å². The first kappa shape index (κ1) is 22.8. The molecule has 2 aromatic carbocycles. The lowest BCUT2D eigenvalue weighted by atomic mass is 10.2. The fourth-order valence-electron chi connectivity index (χ4n) is 2.69. The number of aryl methyl sites for hydroxylation is 1. The number of unbranched alkanes of at least 4 members (excludes halogenated alkanes) is 1. The van der Waals surface area contributed by atoms with E-state index in [0.29, 0.717) is 37.3 Å². The summed E-state index contributed by atoms with van der Waals surface area (Å²) in [7, 11) is -0.0105. The van der Waals surface area contributed by atoms with E-state index in [0.717, 1.165) is 5.56 Å². The summed E-state index contributed by atoms with van der Waals surface area (Å²) in [5.41, 5.74) is 7.43. The van der Waals surface area contributed by atoms with Crippen molar-refractivity contribution in [3.8, 4) is 5.75 Å². The summed E-state index contributed by atoms with van der Waals surface area (Å²) in [6.07, 6.45) is 2.93. The van der Waals surface area contributed by atoms with Crippen LogP contribution >= 0.6 is 12.2 Å². The monoisotopic (exact) mass is 434 g/mol. The lowest BCUT2D eigenvalue weighted by Crippen LogP contribution is -2.33. The number of rotatable bonds is 10. The number of hydrogen-bond donors (Lipinski definition) is 1. The normalized spacial score (nSPS) is 11.0. The summed E-state index contributed by atoms with van der Waals surface area (Å²) in [6, 6.07) is 14.2. The average molecular weight is 435 g/mol. The lowest BCUT2D eigenvalue weighted by molar-refractivity contribution is -0.463. The number of nitrogens with two attached hydrogens (primary N) is 1. The maximum atomic E-state index is 13.0. The van der Waals surface area contributed by atoms with Crippen LogP contribution < -0.4 is 10.5 Å². The highest BCUT2D eigenvalue weighted by Gasteiger charge is 2.27. The second-order valence-electron chi connectivity index (χ2n) is 6.92. The number of sulfonamides is 1. The molecule has 156 valence electrons. The molecule has 0 heterocycles. The van der Waals surface area contributed by atoms with Gasteiger partial charge in [0, 0.05) is 0 Å². The van der Waals surface area contributed by atoms with Gasteiger partial charge in [-0.2, -0.15) is 12.7 Å². The molecule has 0 aliphatic heterocycles. The minimum Gasteiger partial charge on any atom is -0.493 e. The Hall–Kier alpha value is -2.45. The molecule has 2 aromatic rings. The van der Waals surface area contributed by atoms with Crippen molar-refractivity contribution < 1.29 is 17.7 Å². The van der Waals surface area contributed by atoms with Crippen molar-refractivity contribution in [2.75, 3.05) is 27.2 Å². The van der Waals surface area contributed by atoms with Crippen LogP contribution in [0.2, 0.25) is 0 Å². The van der Waals surface area contributed by atoms with Gasteiger partial charge in [0.25, 0.3) is 0 Å². The highest BCUT2D eigenvalue weighted by atomic mass is 32.2. The van der Waals surface area contributed by atoms with Gasteiger partial charge in [0.2, 0.25) is 6.34 Å². The molecule has 29 heavy (non-hydrogen) atoms. The molecule has 0 bridgehead atoms. The molecule has 2 rings (SSSR count). The van der Waals surface area contributed by atoms with Gasteiger partial charge >= 0.3 is 10.0 Å². The molecule has 0 aliphatic carbocycles. The minimum atomic E-state index is -3.61. The van der Waals surface area contributed by atoms with Crippen LogP contribution in [0.1, 0.15) is 24.0 Å². The third-order valence-corrected chi connectivity index (χ3v) is 6.15. The molecule has 0 spiro atoms. The van der Waals surface area contributed by atoms with Crippen molar-refractivity contribution in [2.45, 2.75) is 24.7 Å². The summed E-state index contributed by atoms with van der Waals surface area (Å²) in [6.45, 7) is 2.73. The maximum Gasteiger partial charge on any atom is 0.330 e. The van der Waals surface area contributed by atoms with Gasteiger partial charge in [0.05, 0.1) is 26.3 Å². The van der Waals surface area contributed by atoms with Gasteiger partial charge in [-0.1, -0.05) is 42.0 Å². The second-order valence-corrected chi connectivity index (χ2v) is 9.25. The smallest absolute Gasteiger partial charge is 0.330 e. The third-order valence-electron chi connectivity index (χ3n) is 4.17. The molecular formula is C21H28N3O3S2+. The molecule has 0 saturated carbocycles. The molecule has 0 amide bonds. The Kier molecular flexibility index (Phi) is 8.16. The van der Waals surface area contributed by atoms with Gasteiger partial charge in [0.15, 0.2) is 0 Å². The molecule has 0 unspecified atom stereocenters. The van der Waals surface area contributed by atoms with Gasteiger partial charge in [-0.3, -0.25) is 4.58 Å². The number of para-hydroxylation sites is 1. The van der Waals surface area contributed by atoms with E-state index in [4.69, 9.17) is 22.7 Å². The lowest BCUT2D eigenvalue weighted by Gasteiger charge is -2.15. The highest BCUT2D eigenvalue weighted by Crippen LogP contribution is 2.19. The maximum absolute atomic E-state index is 13.0. The van der Waals surface area contributed by atoms with Crippen LogP contribution in [0, 0.1) is 6.92 Å². The largest absolute Gasteiger partial charge is 0.493 e. The van der Waals surface area contributed by atoms with E-state index in [2.05, 4.69) is 0 Å². The van der Waals surface area contributed by atoms with Gasteiger partial charge < -0.3 is 10.5 Å². The predicted molar refractivity (Wildman–Crippen MR) is 120 cm³/mol. The fourth-order valence-corrected chi connectivity index (χ4v) is 4.29. The van der Waals surface area contributed by atoms with Crippen molar-refractivity contribution in [3.63, 3.8) is 0 Å². The summed E-state index contributed by atoms with van der Waals surface area (Å²) in [4.78, 5) is 0.569. The molecular weight excluding hydrogens is 406 g/mol. The standard InChI is InChI=1S/C21H27N3O3S2/c1-17-10-12-18(13-11-17)29(25,26)24(16-23(2)3)14-6-7-15-27-20-9-5-4-8-19(20)21(22)28/h4-5,8-13,16H,6-7,14-15H2,1-3H3,(H-,22,28)/p+1. The van der Waals surface area contributed by atoms with Crippen molar-refractivity contribution in [3.05, 3.63) is 59.7 Å². The van der Waals surface area contributed by atoms with Crippen molar-refractivity contribution in [2.24, 2.45) is 5.73 Å². The Bertz CT molecular complexity index is 967. The van der Waals surface area contributed by atoms with E-state index >= 15 is 0 Å². The van der Waals surface area contributed by atoms with E-state index in [1.165, 1.54) is 4.31 Å². The van der Waals surface area contributed by atoms with Crippen LogP contribution in [0.15, 0.2) is 53.4 Å². The number of nitrogens with zero attached hydrogens (tertiary/aromatic N) is 2.